The Morgan fingerprint density at radius 1 is 1.43 bits per heavy atom. The Kier molecular flexibility index (Phi) is 6.33. The average molecular weight is 203 g/mol. The van der Waals surface area contributed by atoms with Crippen molar-refractivity contribution in [2.24, 2.45) is 17.6 Å². The molecule has 0 aliphatic heterocycles. The van der Waals surface area contributed by atoms with Gasteiger partial charge < -0.3 is 15.6 Å². The molecule has 0 saturated heterocycles. The van der Waals surface area contributed by atoms with E-state index in [1.807, 2.05) is 13.8 Å². The predicted molar refractivity (Wildman–Crippen MR) is 59.1 cm³/mol. The lowest BCUT2D eigenvalue weighted by molar-refractivity contribution is -0.105. The van der Waals surface area contributed by atoms with Crippen molar-refractivity contribution in [3.8, 4) is 0 Å². The molecule has 0 aromatic carbocycles. The van der Waals surface area contributed by atoms with Gasteiger partial charge in [0.15, 0.2) is 0 Å². The highest BCUT2D eigenvalue weighted by atomic mass is 16.5. The summed E-state index contributed by atoms with van der Waals surface area (Å²) in [5.74, 6) is 0.301. The minimum absolute atomic E-state index is 0.132. The van der Waals surface area contributed by atoms with Crippen molar-refractivity contribution >= 4 is 0 Å². The van der Waals surface area contributed by atoms with E-state index in [0.29, 0.717) is 13.2 Å². The Balaban J connectivity index is 4.57. The molecule has 0 fully saturated rings. The summed E-state index contributed by atoms with van der Waals surface area (Å²) < 4.78 is 5.09. The van der Waals surface area contributed by atoms with Crippen LogP contribution in [0.5, 0.6) is 0 Å². The van der Waals surface area contributed by atoms with Gasteiger partial charge in [-0.05, 0) is 18.9 Å². The van der Waals surface area contributed by atoms with E-state index in [9.17, 15) is 5.11 Å². The first-order valence-electron chi connectivity index (χ1n) is 5.44. The number of aliphatic hydroxyl groups is 1. The van der Waals surface area contributed by atoms with Crippen LogP contribution in [0.3, 0.4) is 0 Å². The summed E-state index contributed by atoms with van der Waals surface area (Å²) >= 11 is 0. The normalized spacial score (nSPS) is 18.2. The van der Waals surface area contributed by atoms with E-state index in [1.165, 1.54) is 0 Å². The first-order chi connectivity index (χ1) is 6.52. The number of ether oxygens (including phenoxy) is 1. The minimum atomic E-state index is -0.778. The van der Waals surface area contributed by atoms with Crippen LogP contribution in [0.4, 0.5) is 0 Å². The van der Waals surface area contributed by atoms with Gasteiger partial charge in [-0.1, -0.05) is 27.2 Å². The second-order valence-corrected chi connectivity index (χ2v) is 4.30. The van der Waals surface area contributed by atoms with Crippen molar-refractivity contribution in [1.29, 1.82) is 0 Å². The van der Waals surface area contributed by atoms with Crippen LogP contribution in [-0.2, 0) is 4.74 Å². The molecule has 0 aromatic heterocycles. The van der Waals surface area contributed by atoms with Gasteiger partial charge in [0, 0.05) is 13.0 Å². The van der Waals surface area contributed by atoms with Crippen molar-refractivity contribution < 1.29 is 9.84 Å². The van der Waals surface area contributed by atoms with Crippen LogP contribution in [0, 0.1) is 11.8 Å². The molecule has 0 aliphatic rings. The molecule has 14 heavy (non-hydrogen) atoms. The molecule has 0 heterocycles. The fourth-order valence-electron chi connectivity index (χ4n) is 1.91. The van der Waals surface area contributed by atoms with Crippen LogP contribution in [0.15, 0.2) is 0 Å². The van der Waals surface area contributed by atoms with Gasteiger partial charge >= 0.3 is 0 Å². The van der Waals surface area contributed by atoms with Crippen molar-refractivity contribution in [3.63, 3.8) is 0 Å². The summed E-state index contributed by atoms with van der Waals surface area (Å²) in [6.45, 7) is 7.02. The average Bonchev–Trinajstić information content (AvgIpc) is 2.14. The van der Waals surface area contributed by atoms with Gasteiger partial charge in [0.1, 0.15) is 0 Å². The Bertz CT molecular complexity index is 150. The van der Waals surface area contributed by atoms with Gasteiger partial charge in [-0.2, -0.15) is 0 Å². The highest BCUT2D eigenvalue weighted by Crippen LogP contribution is 2.29. The van der Waals surface area contributed by atoms with Crippen LogP contribution < -0.4 is 5.73 Å². The Hall–Kier alpha value is -0.120. The standard InChI is InChI=1S/C11H25NO2/c1-5-6-10(7-12)11(13,8-14-4)9(2)3/h9-10,13H,5-8,12H2,1-4H3. The van der Waals surface area contributed by atoms with E-state index in [4.69, 9.17) is 10.5 Å². The predicted octanol–water partition coefficient (Wildman–Crippen LogP) is 1.39. The molecule has 0 aromatic rings. The summed E-state index contributed by atoms with van der Waals surface area (Å²) in [6.07, 6.45) is 2.00. The third-order valence-corrected chi connectivity index (χ3v) is 3.00. The molecule has 0 bridgehead atoms. The lowest BCUT2D eigenvalue weighted by Gasteiger charge is -2.38. The number of methoxy groups -OCH3 is 1. The fraction of sp³-hybridized carbons (Fsp3) is 1.00. The molecule has 0 saturated carbocycles. The molecular weight excluding hydrogens is 178 g/mol. The lowest BCUT2D eigenvalue weighted by atomic mass is 9.77. The summed E-state index contributed by atoms with van der Waals surface area (Å²) in [5, 5.41) is 10.5. The fourth-order valence-corrected chi connectivity index (χ4v) is 1.91. The zero-order valence-corrected chi connectivity index (χ0v) is 9.92. The number of nitrogens with two attached hydrogens (primary N) is 1. The second kappa shape index (κ2) is 6.38. The molecule has 0 rings (SSSR count). The maximum atomic E-state index is 10.5. The van der Waals surface area contributed by atoms with Gasteiger partial charge in [0.25, 0.3) is 0 Å². The van der Waals surface area contributed by atoms with Gasteiger partial charge in [0.2, 0.25) is 0 Å². The van der Waals surface area contributed by atoms with Gasteiger partial charge in [0.05, 0.1) is 12.2 Å². The molecule has 2 atom stereocenters. The summed E-state index contributed by atoms with van der Waals surface area (Å²) in [5.41, 5.74) is 4.92. The molecule has 0 spiro atoms. The van der Waals surface area contributed by atoms with Crippen molar-refractivity contribution in [1.82, 2.24) is 0 Å². The third kappa shape index (κ3) is 3.23. The van der Waals surface area contributed by atoms with E-state index in [-0.39, 0.29) is 11.8 Å². The van der Waals surface area contributed by atoms with E-state index < -0.39 is 5.60 Å². The van der Waals surface area contributed by atoms with Gasteiger partial charge in [-0.15, -0.1) is 0 Å². The van der Waals surface area contributed by atoms with Crippen LogP contribution in [-0.4, -0.2) is 31.0 Å². The zero-order valence-electron chi connectivity index (χ0n) is 9.92. The highest BCUT2D eigenvalue weighted by molar-refractivity contribution is 4.89. The SMILES string of the molecule is CCCC(CN)C(O)(COC)C(C)C. The lowest BCUT2D eigenvalue weighted by Crippen LogP contribution is -2.49. The molecule has 86 valence electrons. The first-order valence-corrected chi connectivity index (χ1v) is 5.44. The maximum absolute atomic E-state index is 10.5. The smallest absolute Gasteiger partial charge is 0.0942 e. The Morgan fingerprint density at radius 2 is 2.00 bits per heavy atom. The highest BCUT2D eigenvalue weighted by Gasteiger charge is 2.38. The van der Waals surface area contributed by atoms with Gasteiger partial charge in [-0.3, -0.25) is 0 Å². The van der Waals surface area contributed by atoms with Crippen molar-refractivity contribution in [3.05, 3.63) is 0 Å². The molecule has 3 heteroatoms. The van der Waals surface area contributed by atoms with E-state index in [0.717, 1.165) is 12.8 Å². The number of hydrogen-bond donors (Lipinski definition) is 2. The zero-order chi connectivity index (χ0) is 11.2. The molecule has 2 unspecified atom stereocenters. The second-order valence-electron chi connectivity index (χ2n) is 4.30. The molecule has 3 nitrogen and oxygen atoms in total. The molecule has 0 amide bonds. The van der Waals surface area contributed by atoms with Crippen molar-refractivity contribution in [2.75, 3.05) is 20.3 Å². The topological polar surface area (TPSA) is 55.5 Å². The van der Waals surface area contributed by atoms with Gasteiger partial charge in [-0.25, -0.2) is 0 Å². The third-order valence-electron chi connectivity index (χ3n) is 3.00. The summed E-state index contributed by atoms with van der Waals surface area (Å²) in [7, 11) is 1.62. The van der Waals surface area contributed by atoms with E-state index in [1.54, 1.807) is 7.11 Å². The molecule has 3 N–H and O–H groups in total. The van der Waals surface area contributed by atoms with Crippen molar-refractivity contribution in [2.45, 2.75) is 39.2 Å². The molecule has 0 radical (unpaired) electrons. The van der Waals surface area contributed by atoms with E-state index in [2.05, 4.69) is 6.92 Å². The number of hydrogen-bond acceptors (Lipinski definition) is 3. The minimum Gasteiger partial charge on any atom is -0.387 e. The molecule has 0 aliphatic carbocycles. The Morgan fingerprint density at radius 3 is 2.29 bits per heavy atom. The Labute approximate surface area is 87.6 Å². The van der Waals surface area contributed by atoms with E-state index >= 15 is 0 Å². The monoisotopic (exact) mass is 203 g/mol. The molecular formula is C11H25NO2. The largest absolute Gasteiger partial charge is 0.387 e. The number of rotatable bonds is 7. The maximum Gasteiger partial charge on any atom is 0.0942 e. The first kappa shape index (κ1) is 13.9. The van der Waals surface area contributed by atoms with Crippen LogP contribution in [0.1, 0.15) is 33.6 Å². The summed E-state index contributed by atoms with van der Waals surface area (Å²) in [4.78, 5) is 0. The van der Waals surface area contributed by atoms with Crippen LogP contribution >= 0.6 is 0 Å². The van der Waals surface area contributed by atoms with Crippen LogP contribution in [0.25, 0.3) is 0 Å². The summed E-state index contributed by atoms with van der Waals surface area (Å²) in [6, 6.07) is 0. The van der Waals surface area contributed by atoms with Crippen LogP contribution in [0.2, 0.25) is 0 Å². The quantitative estimate of drug-likeness (QED) is 0.657.